The number of aromatic carboxylic acids is 1. The number of nitrogens with one attached hydrogen (secondary N) is 1. The van der Waals surface area contributed by atoms with Crippen molar-refractivity contribution in [1.29, 1.82) is 0 Å². The van der Waals surface area contributed by atoms with E-state index in [4.69, 9.17) is 16.7 Å². The molecule has 0 aliphatic rings. The lowest BCUT2D eigenvalue weighted by Gasteiger charge is -2.20. The molecule has 82 valence electrons. The van der Waals surface area contributed by atoms with Crippen molar-refractivity contribution in [3.63, 3.8) is 0 Å². The van der Waals surface area contributed by atoms with E-state index in [2.05, 4.69) is 4.98 Å². The summed E-state index contributed by atoms with van der Waals surface area (Å²) >= 11 is 5.66. The van der Waals surface area contributed by atoms with Gasteiger partial charge in [0.2, 0.25) is 0 Å². The summed E-state index contributed by atoms with van der Waals surface area (Å²) in [5, 5.41) is 8.94. The molecule has 1 heterocycles. The number of hydrogen-bond acceptors (Lipinski definition) is 2. The number of carboxylic acids is 1. The molecule has 0 aliphatic carbocycles. The van der Waals surface area contributed by atoms with E-state index in [1.54, 1.807) is 0 Å². The Morgan fingerprint density at radius 2 is 2.00 bits per heavy atom. The van der Waals surface area contributed by atoms with Crippen molar-refractivity contribution in [2.45, 2.75) is 26.2 Å². The highest BCUT2D eigenvalue weighted by Gasteiger charge is 2.23. The zero-order valence-corrected chi connectivity index (χ0v) is 9.47. The molecule has 15 heavy (non-hydrogen) atoms. The van der Waals surface area contributed by atoms with Crippen molar-refractivity contribution in [3.05, 3.63) is 32.7 Å². The SMILES string of the molecule is CC(C)(C)c1cc(Cl)c(=O)[nH]c1C(=O)O. The molecule has 0 spiro atoms. The van der Waals surface area contributed by atoms with Gasteiger partial charge in [-0.25, -0.2) is 4.79 Å². The standard InChI is InChI=1S/C10H12ClNO3/c1-10(2,3)5-4-6(11)8(13)12-7(5)9(14)15/h4H,1-3H3,(H,12,13)(H,14,15). The van der Waals surface area contributed by atoms with E-state index in [0.717, 1.165) is 0 Å². The van der Waals surface area contributed by atoms with Gasteiger partial charge in [-0.2, -0.15) is 0 Å². The maximum Gasteiger partial charge on any atom is 0.352 e. The number of pyridine rings is 1. The van der Waals surface area contributed by atoms with E-state index >= 15 is 0 Å². The largest absolute Gasteiger partial charge is 0.477 e. The third kappa shape index (κ3) is 2.39. The van der Waals surface area contributed by atoms with Crippen LogP contribution in [0.25, 0.3) is 0 Å². The number of carboxylic acid groups (broad SMARTS) is 1. The first-order valence-electron chi connectivity index (χ1n) is 4.40. The van der Waals surface area contributed by atoms with E-state index in [0.29, 0.717) is 5.56 Å². The summed E-state index contributed by atoms with van der Waals surface area (Å²) in [6, 6.07) is 1.41. The van der Waals surface area contributed by atoms with Gasteiger partial charge in [0.25, 0.3) is 5.56 Å². The number of rotatable bonds is 1. The molecule has 0 amide bonds. The number of hydrogen-bond donors (Lipinski definition) is 2. The minimum absolute atomic E-state index is 0.00456. The van der Waals surface area contributed by atoms with Crippen molar-refractivity contribution in [2.75, 3.05) is 0 Å². The monoisotopic (exact) mass is 229 g/mol. The van der Waals surface area contributed by atoms with Crippen LogP contribution in [0, 0.1) is 0 Å². The lowest BCUT2D eigenvalue weighted by molar-refractivity contribution is 0.0687. The first-order chi connectivity index (χ1) is 6.73. The molecular formula is C10H12ClNO3. The van der Waals surface area contributed by atoms with Crippen molar-refractivity contribution >= 4 is 17.6 Å². The fourth-order valence-corrected chi connectivity index (χ4v) is 1.42. The molecule has 0 fully saturated rings. The Kier molecular flexibility index (Phi) is 2.90. The normalized spacial score (nSPS) is 11.5. The van der Waals surface area contributed by atoms with Gasteiger partial charge in [0.05, 0.1) is 0 Å². The average molecular weight is 230 g/mol. The first kappa shape index (κ1) is 11.8. The average Bonchev–Trinajstić information content (AvgIpc) is 2.06. The zero-order chi connectivity index (χ0) is 11.8. The van der Waals surface area contributed by atoms with Gasteiger partial charge in [0, 0.05) is 0 Å². The molecular weight excluding hydrogens is 218 g/mol. The summed E-state index contributed by atoms with van der Waals surface area (Å²) in [7, 11) is 0. The Morgan fingerprint density at radius 1 is 1.47 bits per heavy atom. The molecule has 1 rings (SSSR count). The van der Waals surface area contributed by atoms with Crippen molar-refractivity contribution < 1.29 is 9.90 Å². The van der Waals surface area contributed by atoms with Crippen LogP contribution in [0.1, 0.15) is 36.8 Å². The molecule has 0 saturated carbocycles. The van der Waals surface area contributed by atoms with Gasteiger partial charge in [0.1, 0.15) is 10.7 Å². The fraction of sp³-hybridized carbons (Fsp3) is 0.400. The highest BCUT2D eigenvalue weighted by Crippen LogP contribution is 2.25. The molecule has 0 atom stereocenters. The van der Waals surface area contributed by atoms with Crippen LogP contribution in [0.2, 0.25) is 5.02 Å². The van der Waals surface area contributed by atoms with Gasteiger partial charge < -0.3 is 10.1 Å². The van der Waals surface area contributed by atoms with Crippen molar-refractivity contribution in [3.8, 4) is 0 Å². The van der Waals surface area contributed by atoms with Crippen LogP contribution in [0.15, 0.2) is 10.9 Å². The summed E-state index contributed by atoms with van der Waals surface area (Å²) in [6.45, 7) is 5.55. The first-order valence-corrected chi connectivity index (χ1v) is 4.78. The molecule has 2 N–H and O–H groups in total. The summed E-state index contributed by atoms with van der Waals surface area (Å²) < 4.78 is 0. The molecule has 0 aliphatic heterocycles. The minimum Gasteiger partial charge on any atom is -0.477 e. The van der Waals surface area contributed by atoms with Gasteiger partial charge in [-0.05, 0) is 17.0 Å². The molecule has 5 heteroatoms. The van der Waals surface area contributed by atoms with Gasteiger partial charge in [-0.3, -0.25) is 4.79 Å². The highest BCUT2D eigenvalue weighted by atomic mass is 35.5. The lowest BCUT2D eigenvalue weighted by Crippen LogP contribution is -2.23. The topological polar surface area (TPSA) is 70.2 Å². The predicted molar refractivity (Wildman–Crippen MR) is 57.7 cm³/mol. The number of aromatic amines is 1. The third-order valence-electron chi connectivity index (χ3n) is 2.02. The van der Waals surface area contributed by atoms with Crippen LogP contribution in [0.5, 0.6) is 0 Å². The second-order valence-corrected chi connectivity index (χ2v) is 4.70. The Bertz CT molecular complexity index is 457. The Balaban J connectivity index is 3.56. The maximum absolute atomic E-state index is 11.2. The molecule has 0 saturated heterocycles. The van der Waals surface area contributed by atoms with Crippen molar-refractivity contribution in [2.24, 2.45) is 0 Å². The number of aromatic nitrogens is 1. The maximum atomic E-state index is 11.2. The Labute approximate surface area is 91.9 Å². The molecule has 0 aromatic carbocycles. The van der Waals surface area contributed by atoms with Gasteiger partial charge in [-0.15, -0.1) is 0 Å². The second kappa shape index (κ2) is 3.70. The quantitative estimate of drug-likeness (QED) is 0.774. The Hall–Kier alpha value is -1.29. The van der Waals surface area contributed by atoms with Crippen LogP contribution in [-0.4, -0.2) is 16.1 Å². The molecule has 0 bridgehead atoms. The van der Waals surface area contributed by atoms with E-state index in [1.165, 1.54) is 6.07 Å². The zero-order valence-electron chi connectivity index (χ0n) is 8.72. The van der Waals surface area contributed by atoms with E-state index in [1.807, 2.05) is 20.8 Å². The molecule has 1 aromatic heterocycles. The molecule has 0 unspecified atom stereocenters. The highest BCUT2D eigenvalue weighted by molar-refractivity contribution is 6.30. The van der Waals surface area contributed by atoms with Crippen LogP contribution in [0.3, 0.4) is 0 Å². The summed E-state index contributed by atoms with van der Waals surface area (Å²) in [5.74, 6) is -1.16. The number of H-pyrrole nitrogens is 1. The summed E-state index contributed by atoms with van der Waals surface area (Å²) in [4.78, 5) is 24.4. The predicted octanol–water partition coefficient (Wildman–Crippen LogP) is 2.02. The van der Waals surface area contributed by atoms with Crippen LogP contribution < -0.4 is 5.56 Å². The molecule has 0 radical (unpaired) electrons. The van der Waals surface area contributed by atoms with E-state index in [-0.39, 0.29) is 16.1 Å². The minimum atomic E-state index is -1.16. The summed E-state index contributed by atoms with van der Waals surface area (Å²) in [6.07, 6.45) is 0. The van der Waals surface area contributed by atoms with Crippen molar-refractivity contribution in [1.82, 2.24) is 4.98 Å². The van der Waals surface area contributed by atoms with Crippen LogP contribution in [-0.2, 0) is 5.41 Å². The van der Waals surface area contributed by atoms with Gasteiger partial charge in [0.15, 0.2) is 0 Å². The molecule has 4 nitrogen and oxygen atoms in total. The van der Waals surface area contributed by atoms with Gasteiger partial charge in [-0.1, -0.05) is 32.4 Å². The third-order valence-corrected chi connectivity index (χ3v) is 2.30. The number of carbonyl (C=O) groups is 1. The van der Waals surface area contributed by atoms with E-state index < -0.39 is 11.5 Å². The van der Waals surface area contributed by atoms with Crippen LogP contribution in [0.4, 0.5) is 0 Å². The van der Waals surface area contributed by atoms with Crippen LogP contribution >= 0.6 is 11.6 Å². The Morgan fingerprint density at radius 3 is 2.40 bits per heavy atom. The smallest absolute Gasteiger partial charge is 0.352 e. The molecule has 1 aromatic rings. The lowest BCUT2D eigenvalue weighted by atomic mass is 9.86. The van der Waals surface area contributed by atoms with Gasteiger partial charge >= 0.3 is 5.97 Å². The van der Waals surface area contributed by atoms with E-state index in [9.17, 15) is 9.59 Å². The summed E-state index contributed by atoms with van der Waals surface area (Å²) in [5.41, 5.74) is -0.555. The number of halogens is 1. The fourth-order valence-electron chi connectivity index (χ4n) is 1.27. The second-order valence-electron chi connectivity index (χ2n) is 4.29.